The molecule has 2 heterocycles. The normalized spacial score (nSPS) is 15.9. The third-order valence-corrected chi connectivity index (χ3v) is 6.57. The predicted octanol–water partition coefficient (Wildman–Crippen LogP) is 3.84. The fourth-order valence-corrected chi connectivity index (χ4v) is 4.36. The van der Waals surface area contributed by atoms with Crippen LogP contribution in [0.3, 0.4) is 0 Å². The molecule has 2 aromatic rings. The van der Waals surface area contributed by atoms with Gasteiger partial charge >= 0.3 is 0 Å². The molecule has 3 rings (SSSR count). The Labute approximate surface area is 185 Å². The summed E-state index contributed by atoms with van der Waals surface area (Å²) >= 11 is 1.66. The minimum atomic E-state index is 0.199. The predicted molar refractivity (Wildman–Crippen MR) is 130 cm³/mol. The standard InChI is InChI=1S/C23H36N6S/c1-23(2,3)17-7-9-20(10-8-17)29-13-11-18(12-14-29)26-21(24-4)25-15-19-16-30-22(27-19)28(5)6/h7-10,16,18H,11-15H2,1-6H3,(H2,24,25,26). The zero-order valence-electron chi connectivity index (χ0n) is 19.2. The first-order valence-electron chi connectivity index (χ1n) is 10.7. The lowest BCUT2D eigenvalue weighted by Gasteiger charge is -2.35. The maximum atomic E-state index is 4.62. The van der Waals surface area contributed by atoms with E-state index < -0.39 is 0 Å². The quantitative estimate of drug-likeness (QED) is 0.560. The van der Waals surface area contributed by atoms with Gasteiger partial charge in [-0.15, -0.1) is 11.3 Å². The molecule has 0 saturated carbocycles. The minimum Gasteiger partial charge on any atom is -0.371 e. The molecule has 0 unspecified atom stereocenters. The van der Waals surface area contributed by atoms with E-state index in [9.17, 15) is 0 Å². The molecule has 1 aromatic heterocycles. The third kappa shape index (κ3) is 5.88. The van der Waals surface area contributed by atoms with Crippen LogP contribution in [0.15, 0.2) is 34.6 Å². The summed E-state index contributed by atoms with van der Waals surface area (Å²) < 4.78 is 0. The van der Waals surface area contributed by atoms with Gasteiger partial charge in [-0.05, 0) is 36.0 Å². The highest BCUT2D eigenvalue weighted by Crippen LogP contribution is 2.26. The fraction of sp³-hybridized carbons (Fsp3) is 0.565. The number of aliphatic imine (C=N–C) groups is 1. The number of hydrogen-bond donors (Lipinski definition) is 2. The maximum Gasteiger partial charge on any atom is 0.191 e. The van der Waals surface area contributed by atoms with Crippen LogP contribution in [-0.2, 0) is 12.0 Å². The topological polar surface area (TPSA) is 55.8 Å². The van der Waals surface area contributed by atoms with Gasteiger partial charge in [-0.25, -0.2) is 4.98 Å². The van der Waals surface area contributed by atoms with E-state index in [2.05, 4.69) is 75.9 Å². The highest BCUT2D eigenvalue weighted by atomic mass is 32.1. The van der Waals surface area contributed by atoms with Gasteiger partial charge < -0.3 is 20.4 Å². The van der Waals surface area contributed by atoms with Crippen molar-refractivity contribution in [2.75, 3.05) is 44.0 Å². The lowest BCUT2D eigenvalue weighted by molar-refractivity contribution is 0.461. The Hall–Kier alpha value is -2.28. The molecule has 2 N–H and O–H groups in total. The maximum absolute atomic E-state index is 4.62. The number of piperidine rings is 1. The van der Waals surface area contributed by atoms with E-state index >= 15 is 0 Å². The first-order valence-corrected chi connectivity index (χ1v) is 11.6. The average Bonchev–Trinajstić information content (AvgIpc) is 3.20. The van der Waals surface area contributed by atoms with E-state index in [1.54, 1.807) is 11.3 Å². The van der Waals surface area contributed by atoms with E-state index in [1.807, 2.05) is 26.0 Å². The van der Waals surface area contributed by atoms with Gasteiger partial charge in [0, 0.05) is 51.3 Å². The zero-order valence-corrected chi connectivity index (χ0v) is 20.0. The molecule has 0 aliphatic carbocycles. The van der Waals surface area contributed by atoms with Gasteiger partial charge in [0.05, 0.1) is 12.2 Å². The lowest BCUT2D eigenvalue weighted by atomic mass is 9.87. The van der Waals surface area contributed by atoms with Gasteiger partial charge in [0.2, 0.25) is 0 Å². The fourth-order valence-electron chi connectivity index (χ4n) is 3.60. The minimum absolute atomic E-state index is 0.199. The van der Waals surface area contributed by atoms with E-state index in [4.69, 9.17) is 0 Å². The van der Waals surface area contributed by atoms with Crippen LogP contribution in [0.1, 0.15) is 44.9 Å². The zero-order chi connectivity index (χ0) is 21.7. The summed E-state index contributed by atoms with van der Waals surface area (Å²) in [4.78, 5) is 13.5. The Kier molecular flexibility index (Phi) is 7.23. The van der Waals surface area contributed by atoms with Crippen molar-refractivity contribution in [2.24, 2.45) is 4.99 Å². The molecule has 0 spiro atoms. The van der Waals surface area contributed by atoms with Crippen molar-refractivity contribution >= 4 is 28.1 Å². The summed E-state index contributed by atoms with van der Waals surface area (Å²) in [6, 6.07) is 9.51. The number of hydrogen-bond acceptors (Lipinski definition) is 5. The van der Waals surface area contributed by atoms with Crippen LogP contribution < -0.4 is 20.4 Å². The van der Waals surface area contributed by atoms with Crippen molar-refractivity contribution in [2.45, 2.75) is 51.6 Å². The number of guanidine groups is 1. The van der Waals surface area contributed by atoms with Crippen molar-refractivity contribution in [1.29, 1.82) is 0 Å². The van der Waals surface area contributed by atoms with E-state index in [1.165, 1.54) is 11.3 Å². The molecule has 6 nitrogen and oxygen atoms in total. The van der Waals surface area contributed by atoms with Gasteiger partial charge in [0.1, 0.15) is 0 Å². The smallest absolute Gasteiger partial charge is 0.191 e. The van der Waals surface area contributed by atoms with E-state index in [0.29, 0.717) is 12.6 Å². The summed E-state index contributed by atoms with van der Waals surface area (Å²) in [5.74, 6) is 0.849. The number of aromatic nitrogens is 1. The molecule has 1 saturated heterocycles. The van der Waals surface area contributed by atoms with Crippen LogP contribution in [0, 0.1) is 0 Å². The van der Waals surface area contributed by atoms with Crippen molar-refractivity contribution in [3.05, 3.63) is 40.9 Å². The number of nitrogens with zero attached hydrogens (tertiary/aromatic N) is 4. The van der Waals surface area contributed by atoms with Crippen LogP contribution in [0.5, 0.6) is 0 Å². The van der Waals surface area contributed by atoms with Crippen molar-refractivity contribution in [3.63, 3.8) is 0 Å². The second-order valence-corrected chi connectivity index (χ2v) is 9.98. The molecule has 1 aromatic carbocycles. The second kappa shape index (κ2) is 9.69. The first-order chi connectivity index (χ1) is 14.3. The lowest BCUT2D eigenvalue weighted by Crippen LogP contribution is -2.48. The number of rotatable bonds is 5. The van der Waals surface area contributed by atoms with Gasteiger partial charge in [-0.3, -0.25) is 4.99 Å². The molecule has 1 aliphatic heterocycles. The van der Waals surface area contributed by atoms with Crippen molar-refractivity contribution in [3.8, 4) is 0 Å². The molecule has 0 amide bonds. The summed E-state index contributed by atoms with van der Waals surface area (Å²) in [7, 11) is 5.86. The number of nitrogens with one attached hydrogen (secondary N) is 2. The van der Waals surface area contributed by atoms with Gasteiger partial charge in [-0.1, -0.05) is 32.9 Å². The molecular formula is C23H36N6S. The molecule has 0 bridgehead atoms. The Morgan fingerprint density at radius 3 is 2.40 bits per heavy atom. The second-order valence-electron chi connectivity index (χ2n) is 9.14. The Morgan fingerprint density at radius 1 is 1.20 bits per heavy atom. The van der Waals surface area contributed by atoms with Crippen molar-refractivity contribution < 1.29 is 0 Å². The Balaban J connectivity index is 1.47. The SMILES string of the molecule is CN=C(NCc1csc(N(C)C)n1)NC1CCN(c2ccc(C(C)(C)C)cc2)CC1. The summed E-state index contributed by atoms with van der Waals surface area (Å²) in [6.45, 7) is 9.58. The van der Waals surface area contributed by atoms with Crippen LogP contribution in [-0.4, -0.2) is 51.2 Å². The van der Waals surface area contributed by atoms with Crippen LogP contribution >= 0.6 is 11.3 Å². The van der Waals surface area contributed by atoms with Gasteiger partial charge in [0.15, 0.2) is 11.1 Å². The molecule has 1 aliphatic rings. The van der Waals surface area contributed by atoms with Gasteiger partial charge in [-0.2, -0.15) is 0 Å². The highest BCUT2D eigenvalue weighted by Gasteiger charge is 2.21. The number of benzene rings is 1. The molecule has 0 atom stereocenters. The van der Waals surface area contributed by atoms with Crippen LogP contribution in [0.4, 0.5) is 10.8 Å². The largest absolute Gasteiger partial charge is 0.371 e. The molecule has 164 valence electrons. The van der Waals surface area contributed by atoms with Crippen molar-refractivity contribution in [1.82, 2.24) is 15.6 Å². The van der Waals surface area contributed by atoms with E-state index in [0.717, 1.165) is 42.7 Å². The van der Waals surface area contributed by atoms with E-state index in [-0.39, 0.29) is 5.41 Å². The molecule has 1 fully saturated rings. The Morgan fingerprint density at radius 2 is 1.87 bits per heavy atom. The highest BCUT2D eigenvalue weighted by molar-refractivity contribution is 7.13. The summed E-state index contributed by atoms with van der Waals surface area (Å²) in [5.41, 5.74) is 3.95. The molecule has 0 radical (unpaired) electrons. The van der Waals surface area contributed by atoms with Gasteiger partial charge in [0.25, 0.3) is 0 Å². The Bertz CT molecular complexity index is 826. The monoisotopic (exact) mass is 428 g/mol. The number of anilines is 2. The summed E-state index contributed by atoms with van der Waals surface area (Å²) in [5, 5.41) is 10.1. The van der Waals surface area contributed by atoms with Crippen LogP contribution in [0.2, 0.25) is 0 Å². The number of thiazole rings is 1. The molecular weight excluding hydrogens is 392 g/mol. The average molecular weight is 429 g/mol. The van der Waals surface area contributed by atoms with Crippen LogP contribution in [0.25, 0.3) is 0 Å². The summed E-state index contributed by atoms with van der Waals surface area (Å²) in [6.07, 6.45) is 2.20. The molecule has 30 heavy (non-hydrogen) atoms. The third-order valence-electron chi connectivity index (χ3n) is 5.52. The first kappa shape index (κ1) is 22.4. The molecule has 7 heteroatoms.